The summed E-state index contributed by atoms with van der Waals surface area (Å²) < 4.78 is 31.4. The van der Waals surface area contributed by atoms with Crippen molar-refractivity contribution in [3.05, 3.63) is 59.5 Å². The fourth-order valence-corrected chi connectivity index (χ4v) is 3.62. The van der Waals surface area contributed by atoms with Crippen molar-refractivity contribution in [1.82, 2.24) is 4.31 Å². The standard InChI is InChI=1S/C15H19NO3S/c1-3-16(10-15-7-8-19-11-15)20(17,18)12-14-6-4-5-13(2)9-14/h4-9,11H,3,10,12H2,1-2H3. The zero-order valence-corrected chi connectivity index (χ0v) is 12.6. The first-order chi connectivity index (χ1) is 9.51. The second kappa shape index (κ2) is 6.24. The second-order valence-corrected chi connectivity index (χ2v) is 6.77. The van der Waals surface area contributed by atoms with Gasteiger partial charge in [0.25, 0.3) is 0 Å². The molecular formula is C15H19NO3S. The zero-order valence-electron chi connectivity index (χ0n) is 11.7. The van der Waals surface area contributed by atoms with Gasteiger partial charge < -0.3 is 4.42 Å². The Morgan fingerprint density at radius 3 is 2.60 bits per heavy atom. The van der Waals surface area contributed by atoms with Crippen LogP contribution in [0, 0.1) is 6.92 Å². The third kappa shape index (κ3) is 3.71. The monoisotopic (exact) mass is 293 g/mol. The quantitative estimate of drug-likeness (QED) is 0.823. The molecular weight excluding hydrogens is 274 g/mol. The van der Waals surface area contributed by atoms with Gasteiger partial charge in [0.2, 0.25) is 10.0 Å². The fraction of sp³-hybridized carbons (Fsp3) is 0.333. The Bertz CT molecular complexity index is 648. The van der Waals surface area contributed by atoms with E-state index in [1.54, 1.807) is 18.6 Å². The maximum atomic E-state index is 12.5. The first-order valence-electron chi connectivity index (χ1n) is 6.55. The van der Waals surface area contributed by atoms with Crippen LogP contribution in [-0.4, -0.2) is 19.3 Å². The molecule has 0 unspecified atom stereocenters. The summed E-state index contributed by atoms with van der Waals surface area (Å²) >= 11 is 0. The van der Waals surface area contributed by atoms with Gasteiger partial charge in [-0.1, -0.05) is 36.8 Å². The lowest BCUT2D eigenvalue weighted by Crippen LogP contribution is -2.31. The molecule has 0 aliphatic heterocycles. The molecule has 0 spiro atoms. The fourth-order valence-electron chi connectivity index (χ4n) is 2.10. The van der Waals surface area contributed by atoms with Crippen LogP contribution in [0.25, 0.3) is 0 Å². The molecule has 5 heteroatoms. The van der Waals surface area contributed by atoms with Gasteiger partial charge in [-0.25, -0.2) is 8.42 Å². The number of aryl methyl sites for hydroxylation is 1. The molecule has 1 aromatic heterocycles. The molecule has 0 saturated heterocycles. The van der Waals surface area contributed by atoms with Gasteiger partial charge in [0.1, 0.15) is 0 Å². The van der Waals surface area contributed by atoms with E-state index in [0.29, 0.717) is 13.1 Å². The van der Waals surface area contributed by atoms with Crippen LogP contribution in [0.2, 0.25) is 0 Å². The van der Waals surface area contributed by atoms with Crippen molar-refractivity contribution in [3.8, 4) is 0 Å². The van der Waals surface area contributed by atoms with Crippen LogP contribution in [0.15, 0.2) is 47.3 Å². The molecule has 1 heterocycles. The molecule has 0 atom stereocenters. The largest absolute Gasteiger partial charge is 0.472 e. The van der Waals surface area contributed by atoms with Crippen LogP contribution >= 0.6 is 0 Å². The van der Waals surface area contributed by atoms with E-state index < -0.39 is 10.0 Å². The lowest BCUT2D eigenvalue weighted by molar-refractivity contribution is 0.420. The molecule has 4 nitrogen and oxygen atoms in total. The van der Waals surface area contributed by atoms with E-state index >= 15 is 0 Å². The van der Waals surface area contributed by atoms with Gasteiger partial charge in [-0.3, -0.25) is 0 Å². The Labute approximate surface area is 120 Å². The minimum absolute atomic E-state index is 0.0281. The second-order valence-electron chi connectivity index (χ2n) is 4.80. The molecule has 20 heavy (non-hydrogen) atoms. The van der Waals surface area contributed by atoms with Crippen LogP contribution in [0.4, 0.5) is 0 Å². The maximum absolute atomic E-state index is 12.5. The average molecular weight is 293 g/mol. The lowest BCUT2D eigenvalue weighted by atomic mass is 10.2. The topological polar surface area (TPSA) is 50.5 Å². The van der Waals surface area contributed by atoms with E-state index in [1.165, 1.54) is 4.31 Å². The van der Waals surface area contributed by atoms with Gasteiger partial charge in [0.15, 0.2) is 0 Å². The molecule has 0 aliphatic rings. The highest BCUT2D eigenvalue weighted by Crippen LogP contribution is 2.15. The summed E-state index contributed by atoms with van der Waals surface area (Å²) in [7, 11) is -3.33. The molecule has 2 rings (SSSR count). The van der Waals surface area contributed by atoms with E-state index in [9.17, 15) is 8.42 Å². The van der Waals surface area contributed by atoms with E-state index in [-0.39, 0.29) is 5.75 Å². The van der Waals surface area contributed by atoms with Crippen molar-refractivity contribution in [2.45, 2.75) is 26.1 Å². The maximum Gasteiger partial charge on any atom is 0.218 e. The first-order valence-corrected chi connectivity index (χ1v) is 8.16. The molecule has 0 fully saturated rings. The third-order valence-electron chi connectivity index (χ3n) is 3.12. The van der Waals surface area contributed by atoms with Crippen LogP contribution < -0.4 is 0 Å². The number of furan rings is 1. The number of sulfonamides is 1. The predicted molar refractivity (Wildman–Crippen MR) is 78.6 cm³/mol. The Balaban J connectivity index is 2.15. The summed E-state index contributed by atoms with van der Waals surface area (Å²) in [6, 6.07) is 9.37. The van der Waals surface area contributed by atoms with Gasteiger partial charge in [-0.05, 0) is 18.6 Å². The summed E-state index contributed by atoms with van der Waals surface area (Å²) in [5.74, 6) is 0.0281. The SMILES string of the molecule is CCN(Cc1ccoc1)S(=O)(=O)Cc1cccc(C)c1. The van der Waals surface area contributed by atoms with Gasteiger partial charge in [0, 0.05) is 18.7 Å². The van der Waals surface area contributed by atoms with Gasteiger partial charge in [0.05, 0.1) is 18.3 Å². The Hall–Kier alpha value is -1.59. The van der Waals surface area contributed by atoms with Crippen LogP contribution in [0.3, 0.4) is 0 Å². The molecule has 0 aliphatic carbocycles. The Morgan fingerprint density at radius 2 is 2.00 bits per heavy atom. The van der Waals surface area contributed by atoms with Crippen molar-refractivity contribution >= 4 is 10.0 Å². The highest BCUT2D eigenvalue weighted by molar-refractivity contribution is 7.88. The number of hydrogen-bond donors (Lipinski definition) is 0. The number of nitrogens with zero attached hydrogens (tertiary/aromatic N) is 1. The number of benzene rings is 1. The molecule has 0 saturated carbocycles. The molecule has 2 aromatic rings. The molecule has 0 amide bonds. The molecule has 108 valence electrons. The molecule has 0 bridgehead atoms. The van der Waals surface area contributed by atoms with E-state index in [0.717, 1.165) is 16.7 Å². The van der Waals surface area contributed by atoms with Crippen LogP contribution in [0.5, 0.6) is 0 Å². The summed E-state index contributed by atoms with van der Waals surface area (Å²) in [5, 5.41) is 0. The smallest absolute Gasteiger partial charge is 0.218 e. The van der Waals surface area contributed by atoms with Crippen LogP contribution in [0.1, 0.15) is 23.6 Å². The molecule has 0 radical (unpaired) electrons. The Morgan fingerprint density at radius 1 is 1.20 bits per heavy atom. The zero-order chi connectivity index (χ0) is 14.6. The van der Waals surface area contributed by atoms with Gasteiger partial charge >= 0.3 is 0 Å². The normalized spacial score (nSPS) is 11.9. The molecule has 0 N–H and O–H groups in total. The minimum atomic E-state index is -3.33. The number of rotatable bonds is 6. The van der Waals surface area contributed by atoms with Crippen molar-refractivity contribution in [2.75, 3.05) is 6.54 Å². The van der Waals surface area contributed by atoms with Crippen molar-refractivity contribution < 1.29 is 12.8 Å². The van der Waals surface area contributed by atoms with Crippen molar-refractivity contribution in [1.29, 1.82) is 0 Å². The minimum Gasteiger partial charge on any atom is -0.472 e. The predicted octanol–water partition coefficient (Wildman–Crippen LogP) is 2.94. The first kappa shape index (κ1) is 14.8. The lowest BCUT2D eigenvalue weighted by Gasteiger charge is -2.19. The summed E-state index contributed by atoms with van der Waals surface area (Å²) in [6.07, 6.45) is 3.13. The highest BCUT2D eigenvalue weighted by Gasteiger charge is 2.21. The summed E-state index contributed by atoms with van der Waals surface area (Å²) in [4.78, 5) is 0. The third-order valence-corrected chi connectivity index (χ3v) is 4.99. The van der Waals surface area contributed by atoms with Crippen molar-refractivity contribution in [2.24, 2.45) is 0 Å². The van der Waals surface area contributed by atoms with Crippen molar-refractivity contribution in [3.63, 3.8) is 0 Å². The summed E-state index contributed by atoms with van der Waals surface area (Å²) in [6.45, 7) is 4.59. The highest BCUT2D eigenvalue weighted by atomic mass is 32.2. The average Bonchev–Trinajstić information content (AvgIpc) is 2.88. The Kier molecular flexibility index (Phi) is 4.62. The van der Waals surface area contributed by atoms with E-state index in [1.807, 2.05) is 38.1 Å². The van der Waals surface area contributed by atoms with Gasteiger partial charge in [-0.2, -0.15) is 4.31 Å². The molecule has 1 aromatic carbocycles. The summed E-state index contributed by atoms with van der Waals surface area (Å²) in [5.41, 5.74) is 2.74. The number of hydrogen-bond acceptors (Lipinski definition) is 3. The van der Waals surface area contributed by atoms with E-state index in [2.05, 4.69) is 0 Å². The van der Waals surface area contributed by atoms with Crippen LogP contribution in [-0.2, 0) is 22.3 Å². The van der Waals surface area contributed by atoms with Gasteiger partial charge in [-0.15, -0.1) is 0 Å². The van der Waals surface area contributed by atoms with E-state index in [4.69, 9.17) is 4.42 Å².